The molecule has 0 aliphatic heterocycles. The minimum atomic E-state index is -1.85. The molecule has 362 valence electrons. The van der Waals surface area contributed by atoms with Gasteiger partial charge in [-0.2, -0.15) is 0 Å². The van der Waals surface area contributed by atoms with Gasteiger partial charge in [-0.3, -0.25) is 0 Å². The van der Waals surface area contributed by atoms with Gasteiger partial charge in [0, 0.05) is 49.0 Å². The number of rotatable bonds is 4. The Bertz CT molecular complexity index is 4060. The van der Waals surface area contributed by atoms with Crippen LogP contribution in [0.2, 0.25) is 0 Å². The monoisotopic (exact) mass is 980 g/mol. The standard InChI is InChI=1S/C45H29BO25/c1-3(48)5-7-6(4(49)2-47)23(46)27(53)11-8(7)15(32(58)28(5)54)33(59)30(56)13(11)19-24(50)20(26(52)21(25(19)51)22-40(66)43(69)45(71)44(70)41(22)67)14-12-9-10-17(35(61)29(12)55)38(64)42(68)39(65)18(10)37(63)36(62)16(9)34(60)31(14)57/h2,47-71H,1H3/b4-2-,5-3-. The van der Waals surface area contributed by atoms with E-state index in [1.54, 1.807) is 0 Å². The summed E-state index contributed by atoms with van der Waals surface area (Å²) in [6.45, 7) is 0.888. The molecule has 25 nitrogen and oxygen atoms in total. The van der Waals surface area contributed by atoms with Crippen molar-refractivity contribution in [2.75, 3.05) is 0 Å². The molecule has 0 spiro atoms. The molecule has 0 bridgehead atoms. The van der Waals surface area contributed by atoms with Crippen molar-refractivity contribution in [3.05, 3.63) is 17.0 Å². The van der Waals surface area contributed by atoms with E-state index < -0.39 is 241 Å². The predicted octanol–water partition coefficient (Wildman–Crippen LogP) is 4.03. The Morgan fingerprint density at radius 2 is 0.535 bits per heavy atom. The lowest BCUT2D eigenvalue weighted by atomic mass is 9.78. The summed E-state index contributed by atoms with van der Waals surface area (Å²) in [7, 11) is 6.25. The van der Waals surface area contributed by atoms with Crippen molar-refractivity contribution in [2.45, 2.75) is 6.92 Å². The molecule has 25 N–H and O–H groups in total. The highest BCUT2D eigenvalue weighted by atomic mass is 16.4. The number of aliphatic hydroxyl groups excluding tert-OH is 3. The molecule has 0 saturated carbocycles. The van der Waals surface area contributed by atoms with Gasteiger partial charge < -0.3 is 128 Å². The Kier molecular flexibility index (Phi) is 9.09. The minimum Gasteiger partial charge on any atom is -0.512 e. The van der Waals surface area contributed by atoms with Gasteiger partial charge in [-0.25, -0.2) is 0 Å². The van der Waals surface area contributed by atoms with Crippen LogP contribution in [-0.4, -0.2) is 136 Å². The van der Waals surface area contributed by atoms with Gasteiger partial charge in [0.25, 0.3) is 0 Å². The molecule has 0 aromatic heterocycles. The minimum absolute atomic E-state index is 0.0102. The second kappa shape index (κ2) is 14.2. The second-order valence-electron chi connectivity index (χ2n) is 15.9. The fourth-order valence-electron chi connectivity index (χ4n) is 9.41. The summed E-state index contributed by atoms with van der Waals surface area (Å²) in [5, 5.41) is 271. The molecule has 0 saturated heterocycles. The van der Waals surface area contributed by atoms with Crippen LogP contribution in [0.15, 0.2) is 6.26 Å². The van der Waals surface area contributed by atoms with Crippen molar-refractivity contribution in [1.29, 1.82) is 0 Å². The van der Waals surface area contributed by atoms with Gasteiger partial charge in [-0.1, -0.05) is 0 Å². The highest BCUT2D eigenvalue weighted by Gasteiger charge is 2.41. The molecule has 0 fully saturated rings. The lowest BCUT2D eigenvalue weighted by Gasteiger charge is -2.26. The van der Waals surface area contributed by atoms with Gasteiger partial charge in [0.2, 0.25) is 23.0 Å². The molecule has 0 atom stereocenters. The smallest absolute Gasteiger partial charge is 0.208 e. The SMILES string of the molecule is [B]c1c(O)c2c(-c3c(O)c(-c4c(O)c(O)c(O)c(O)c4O)c(O)c(-c4c(O)c(O)c5c(O)c(O)c6c(O)c(O)c(O)c7c(O)c(O)c4c5c67)c3O)c(O)c(O)c3c(O)c(O)/c(=C(/C)O)c(c1/C(O)=C/O)c32. The van der Waals surface area contributed by atoms with Crippen LogP contribution in [0.1, 0.15) is 12.5 Å². The van der Waals surface area contributed by atoms with E-state index in [0.29, 0.717) is 0 Å². The number of hydrogen-bond donors (Lipinski definition) is 25. The first-order valence-corrected chi connectivity index (χ1v) is 19.5. The summed E-state index contributed by atoms with van der Waals surface area (Å²) < 4.78 is 0. The molecule has 0 amide bonds. The Morgan fingerprint density at radius 3 is 0.930 bits per heavy atom. The summed E-state index contributed by atoms with van der Waals surface area (Å²) in [5.74, 6) is -37.6. The fraction of sp³-hybridized carbons (Fsp3) is 0.0222. The first-order chi connectivity index (χ1) is 33.1. The first kappa shape index (κ1) is 45.5. The zero-order valence-corrected chi connectivity index (χ0v) is 34.8. The number of benzene rings is 9. The van der Waals surface area contributed by atoms with E-state index in [-0.39, 0.29) is 6.26 Å². The largest absolute Gasteiger partial charge is 0.512 e. The summed E-state index contributed by atoms with van der Waals surface area (Å²) >= 11 is 0. The Hall–Kier alpha value is -10.7. The molecule has 0 aliphatic rings. The third kappa shape index (κ3) is 5.11. The second-order valence-corrected chi connectivity index (χ2v) is 15.9. The van der Waals surface area contributed by atoms with Gasteiger partial charge in [-0.15, -0.1) is 0 Å². The molecular weight excluding hydrogens is 951 g/mol. The number of phenols is 22. The van der Waals surface area contributed by atoms with Crippen LogP contribution in [0, 0.1) is 0 Å². The summed E-state index contributed by atoms with van der Waals surface area (Å²) in [6, 6.07) is 0. The van der Waals surface area contributed by atoms with Crippen LogP contribution in [0.5, 0.6) is 126 Å². The maximum atomic E-state index is 12.6. The van der Waals surface area contributed by atoms with Crippen molar-refractivity contribution < 1.29 is 128 Å². The van der Waals surface area contributed by atoms with E-state index in [1.807, 2.05) is 0 Å². The van der Waals surface area contributed by atoms with E-state index >= 15 is 0 Å². The van der Waals surface area contributed by atoms with Crippen molar-refractivity contribution in [2.24, 2.45) is 0 Å². The third-order valence-electron chi connectivity index (χ3n) is 12.5. The molecule has 71 heavy (non-hydrogen) atoms. The van der Waals surface area contributed by atoms with Gasteiger partial charge in [0.1, 0.15) is 42.9 Å². The summed E-state index contributed by atoms with van der Waals surface area (Å²) in [4.78, 5) is 0. The maximum absolute atomic E-state index is 12.6. The molecule has 9 rings (SSSR count). The van der Waals surface area contributed by atoms with Gasteiger partial charge in [-0.05, 0) is 12.4 Å². The summed E-state index contributed by atoms with van der Waals surface area (Å²) in [6.07, 6.45) is -0.0102. The molecule has 2 radical (unpaired) electrons. The van der Waals surface area contributed by atoms with E-state index in [0.717, 1.165) is 6.92 Å². The van der Waals surface area contributed by atoms with Crippen LogP contribution in [0.4, 0.5) is 0 Å². The van der Waals surface area contributed by atoms with Crippen LogP contribution in [0.3, 0.4) is 0 Å². The Morgan fingerprint density at radius 1 is 0.282 bits per heavy atom. The van der Waals surface area contributed by atoms with Crippen molar-refractivity contribution in [3.63, 3.8) is 0 Å². The lowest BCUT2D eigenvalue weighted by molar-refractivity contribution is 0.329. The zero-order valence-electron chi connectivity index (χ0n) is 34.8. The number of phenolic OH excluding ortho intramolecular Hbond substituents is 22. The first-order valence-electron chi connectivity index (χ1n) is 19.5. The van der Waals surface area contributed by atoms with Gasteiger partial charge in [0.15, 0.2) is 86.3 Å². The Balaban J connectivity index is 1.66. The van der Waals surface area contributed by atoms with Crippen LogP contribution >= 0.6 is 0 Å². The van der Waals surface area contributed by atoms with E-state index in [2.05, 4.69) is 0 Å². The molecule has 26 heteroatoms. The van der Waals surface area contributed by atoms with Crippen molar-refractivity contribution in [3.8, 4) is 160 Å². The predicted molar refractivity (Wildman–Crippen MR) is 244 cm³/mol. The number of hydrogen-bond acceptors (Lipinski definition) is 25. The summed E-state index contributed by atoms with van der Waals surface area (Å²) in [5.41, 5.74) is -11.2. The third-order valence-corrected chi connectivity index (χ3v) is 12.5. The lowest BCUT2D eigenvalue weighted by Crippen LogP contribution is -2.19. The molecule has 0 heterocycles. The molecule has 0 aliphatic carbocycles. The average molecular weight is 981 g/mol. The normalized spacial score (nSPS) is 12.7. The molecule has 9 aromatic rings. The van der Waals surface area contributed by atoms with Crippen molar-refractivity contribution >= 4 is 78.7 Å². The van der Waals surface area contributed by atoms with Gasteiger partial charge >= 0.3 is 0 Å². The molecular formula is C45H29BO25. The maximum Gasteiger partial charge on any atom is 0.208 e. The van der Waals surface area contributed by atoms with Crippen LogP contribution < -0.4 is 10.7 Å². The molecule has 9 aromatic carbocycles. The fourth-order valence-corrected chi connectivity index (χ4v) is 9.41. The zero-order chi connectivity index (χ0) is 52.5. The van der Waals surface area contributed by atoms with E-state index in [1.165, 1.54) is 0 Å². The van der Waals surface area contributed by atoms with Crippen LogP contribution in [0.25, 0.3) is 98.8 Å². The van der Waals surface area contributed by atoms with E-state index in [4.69, 9.17) is 7.85 Å². The number of aromatic hydroxyl groups is 22. The van der Waals surface area contributed by atoms with Gasteiger partial charge in [0.05, 0.1) is 49.0 Å². The number of aliphatic hydroxyl groups is 3. The van der Waals surface area contributed by atoms with E-state index in [9.17, 15) is 128 Å². The quantitative estimate of drug-likeness (QED) is 0.0389. The molecule has 0 unspecified atom stereocenters. The highest BCUT2D eigenvalue weighted by Crippen LogP contribution is 2.69. The van der Waals surface area contributed by atoms with Crippen LogP contribution in [-0.2, 0) is 0 Å². The van der Waals surface area contributed by atoms with Crippen molar-refractivity contribution in [1.82, 2.24) is 0 Å². The Labute approximate surface area is 389 Å². The average Bonchev–Trinajstić information content (AvgIpc) is 3.32. The highest BCUT2D eigenvalue weighted by molar-refractivity contribution is 6.43. The topological polar surface area (TPSA) is 506 Å².